The third kappa shape index (κ3) is 3.71. The number of hydrogen-bond acceptors (Lipinski definition) is 5. The van der Waals surface area contributed by atoms with Crippen molar-refractivity contribution in [2.24, 2.45) is 0 Å². The van der Waals surface area contributed by atoms with Gasteiger partial charge >= 0.3 is 5.97 Å². The first-order chi connectivity index (χ1) is 9.58. The third-order valence-electron chi connectivity index (χ3n) is 2.93. The van der Waals surface area contributed by atoms with E-state index < -0.39 is 5.97 Å². The minimum absolute atomic E-state index is 0.227. The van der Waals surface area contributed by atoms with E-state index in [4.69, 9.17) is 15.2 Å². The lowest BCUT2D eigenvalue weighted by Crippen LogP contribution is -2.42. The summed E-state index contributed by atoms with van der Waals surface area (Å²) in [5, 5.41) is 0. The Balaban J connectivity index is 1.91. The Morgan fingerprint density at radius 1 is 1.35 bits per heavy atom. The summed E-state index contributed by atoms with van der Waals surface area (Å²) in [4.78, 5) is 25.3. The number of hydrogen-bond donors (Lipinski definition) is 1. The summed E-state index contributed by atoms with van der Waals surface area (Å²) in [7, 11) is 0. The zero-order valence-corrected chi connectivity index (χ0v) is 12.4. The van der Waals surface area contributed by atoms with Crippen LogP contribution in [0.5, 0.6) is 0 Å². The molecule has 0 saturated carbocycles. The zero-order chi connectivity index (χ0) is 14.5. The SMILES string of the molecule is Nc1ccc(Br)cc1C(=O)OCC(=O)N1CCOCC1. The fraction of sp³-hybridized carbons (Fsp3) is 0.385. The highest BCUT2D eigenvalue weighted by molar-refractivity contribution is 9.10. The molecule has 0 atom stereocenters. The summed E-state index contributed by atoms with van der Waals surface area (Å²) < 4.78 is 10.9. The van der Waals surface area contributed by atoms with Gasteiger partial charge in [-0.25, -0.2) is 4.79 Å². The van der Waals surface area contributed by atoms with Gasteiger partial charge in [-0.05, 0) is 18.2 Å². The highest BCUT2D eigenvalue weighted by Crippen LogP contribution is 2.19. The minimum atomic E-state index is -0.606. The molecule has 0 unspecified atom stereocenters. The number of esters is 1. The number of carbonyl (C=O) groups excluding carboxylic acids is 2. The van der Waals surface area contributed by atoms with E-state index in [-0.39, 0.29) is 18.1 Å². The number of carbonyl (C=O) groups is 2. The van der Waals surface area contributed by atoms with Crippen LogP contribution in [-0.4, -0.2) is 49.7 Å². The normalized spacial score (nSPS) is 14.9. The number of nitrogens with zero attached hydrogens (tertiary/aromatic N) is 1. The summed E-state index contributed by atoms with van der Waals surface area (Å²) in [6, 6.07) is 4.90. The lowest BCUT2D eigenvalue weighted by atomic mass is 10.2. The molecule has 1 heterocycles. The van der Waals surface area contributed by atoms with Gasteiger partial charge in [0.2, 0.25) is 0 Å². The highest BCUT2D eigenvalue weighted by atomic mass is 79.9. The number of anilines is 1. The fourth-order valence-corrected chi connectivity index (χ4v) is 2.18. The molecule has 1 aliphatic rings. The number of ether oxygens (including phenoxy) is 2. The number of nitrogens with two attached hydrogens (primary N) is 1. The second kappa shape index (κ2) is 6.71. The number of morpholine rings is 1. The van der Waals surface area contributed by atoms with E-state index in [9.17, 15) is 9.59 Å². The Kier molecular flexibility index (Phi) is 4.97. The maximum atomic E-state index is 11.9. The summed E-state index contributed by atoms with van der Waals surface area (Å²) in [6.07, 6.45) is 0. The summed E-state index contributed by atoms with van der Waals surface area (Å²) in [6.45, 7) is 1.78. The molecule has 0 aromatic heterocycles. The van der Waals surface area contributed by atoms with Gasteiger partial charge in [-0.2, -0.15) is 0 Å². The van der Waals surface area contributed by atoms with E-state index in [1.807, 2.05) is 0 Å². The predicted octanol–water partition coefficient (Wildman–Crippen LogP) is 1.05. The van der Waals surface area contributed by atoms with E-state index >= 15 is 0 Å². The van der Waals surface area contributed by atoms with E-state index in [2.05, 4.69) is 15.9 Å². The van der Waals surface area contributed by atoms with Gasteiger partial charge in [0.15, 0.2) is 6.61 Å². The first-order valence-corrected chi connectivity index (χ1v) is 6.95. The monoisotopic (exact) mass is 342 g/mol. The quantitative estimate of drug-likeness (QED) is 0.655. The van der Waals surface area contributed by atoms with Gasteiger partial charge in [0.1, 0.15) is 0 Å². The van der Waals surface area contributed by atoms with Crippen LogP contribution < -0.4 is 5.73 Å². The maximum absolute atomic E-state index is 11.9. The van der Waals surface area contributed by atoms with Crippen molar-refractivity contribution in [3.63, 3.8) is 0 Å². The Labute approximate surface area is 124 Å². The summed E-state index contributed by atoms with van der Waals surface area (Å²) >= 11 is 3.25. The van der Waals surface area contributed by atoms with Crippen LogP contribution in [0.25, 0.3) is 0 Å². The van der Waals surface area contributed by atoms with Crippen molar-refractivity contribution in [1.29, 1.82) is 0 Å². The highest BCUT2D eigenvalue weighted by Gasteiger charge is 2.19. The average Bonchev–Trinajstić information content (AvgIpc) is 2.47. The van der Waals surface area contributed by atoms with E-state index in [1.165, 1.54) is 0 Å². The molecule has 1 aromatic carbocycles. The fourth-order valence-electron chi connectivity index (χ4n) is 1.81. The summed E-state index contributed by atoms with van der Waals surface area (Å²) in [5.41, 5.74) is 6.27. The number of nitrogen functional groups attached to an aromatic ring is 1. The number of halogens is 1. The van der Waals surface area contributed by atoms with Crippen LogP contribution in [0.3, 0.4) is 0 Å². The Bertz CT molecular complexity index is 515. The molecule has 1 aliphatic heterocycles. The molecule has 108 valence electrons. The molecule has 0 bridgehead atoms. The molecule has 2 N–H and O–H groups in total. The smallest absolute Gasteiger partial charge is 0.340 e. The lowest BCUT2D eigenvalue weighted by molar-refractivity contribution is -0.138. The number of amides is 1. The topological polar surface area (TPSA) is 81.9 Å². The van der Waals surface area contributed by atoms with Gasteiger partial charge in [-0.3, -0.25) is 4.79 Å². The Morgan fingerprint density at radius 3 is 2.75 bits per heavy atom. The van der Waals surface area contributed by atoms with Gasteiger partial charge in [-0.1, -0.05) is 15.9 Å². The zero-order valence-electron chi connectivity index (χ0n) is 10.8. The molecular formula is C13H15BrN2O4. The van der Waals surface area contributed by atoms with Crippen LogP contribution in [-0.2, 0) is 14.3 Å². The third-order valence-corrected chi connectivity index (χ3v) is 3.42. The molecule has 1 fully saturated rings. The van der Waals surface area contributed by atoms with Gasteiger partial charge in [0, 0.05) is 23.2 Å². The van der Waals surface area contributed by atoms with Crippen molar-refractivity contribution in [3.8, 4) is 0 Å². The molecular weight excluding hydrogens is 328 g/mol. The van der Waals surface area contributed by atoms with E-state index in [0.717, 1.165) is 4.47 Å². The Hall–Kier alpha value is -1.60. The molecule has 2 rings (SSSR count). The van der Waals surface area contributed by atoms with Crippen molar-refractivity contribution in [3.05, 3.63) is 28.2 Å². The molecule has 20 heavy (non-hydrogen) atoms. The van der Waals surface area contributed by atoms with Gasteiger partial charge < -0.3 is 20.1 Å². The molecule has 1 amide bonds. The van der Waals surface area contributed by atoms with Crippen LogP contribution in [0, 0.1) is 0 Å². The van der Waals surface area contributed by atoms with Gasteiger partial charge in [0.25, 0.3) is 5.91 Å². The molecule has 6 nitrogen and oxygen atoms in total. The summed E-state index contributed by atoms with van der Waals surface area (Å²) in [5.74, 6) is -0.833. The molecule has 0 aliphatic carbocycles. The van der Waals surface area contributed by atoms with Crippen LogP contribution in [0.2, 0.25) is 0 Å². The first kappa shape index (κ1) is 14.8. The first-order valence-electron chi connectivity index (χ1n) is 6.15. The van der Waals surface area contributed by atoms with Gasteiger partial charge in [0.05, 0.1) is 18.8 Å². The van der Waals surface area contributed by atoms with Crippen LogP contribution >= 0.6 is 15.9 Å². The van der Waals surface area contributed by atoms with Crippen molar-refractivity contribution >= 4 is 33.5 Å². The van der Waals surface area contributed by atoms with Crippen molar-refractivity contribution < 1.29 is 19.1 Å². The van der Waals surface area contributed by atoms with E-state index in [1.54, 1.807) is 23.1 Å². The maximum Gasteiger partial charge on any atom is 0.340 e. The van der Waals surface area contributed by atoms with Crippen LogP contribution in [0.1, 0.15) is 10.4 Å². The van der Waals surface area contributed by atoms with E-state index in [0.29, 0.717) is 32.0 Å². The molecule has 0 radical (unpaired) electrons. The second-order valence-corrected chi connectivity index (χ2v) is 5.22. The average molecular weight is 343 g/mol. The molecule has 1 saturated heterocycles. The van der Waals surface area contributed by atoms with Crippen LogP contribution in [0.4, 0.5) is 5.69 Å². The van der Waals surface area contributed by atoms with Crippen molar-refractivity contribution in [1.82, 2.24) is 4.90 Å². The minimum Gasteiger partial charge on any atom is -0.452 e. The van der Waals surface area contributed by atoms with Crippen molar-refractivity contribution in [2.75, 3.05) is 38.6 Å². The van der Waals surface area contributed by atoms with Crippen molar-refractivity contribution in [2.45, 2.75) is 0 Å². The predicted molar refractivity (Wildman–Crippen MR) is 76.2 cm³/mol. The largest absolute Gasteiger partial charge is 0.452 e. The lowest BCUT2D eigenvalue weighted by Gasteiger charge is -2.26. The molecule has 1 aromatic rings. The molecule has 7 heteroatoms. The van der Waals surface area contributed by atoms with Crippen LogP contribution in [0.15, 0.2) is 22.7 Å². The standard InChI is InChI=1S/C13H15BrN2O4/c14-9-1-2-11(15)10(7-9)13(18)20-8-12(17)16-3-5-19-6-4-16/h1-2,7H,3-6,8,15H2. The Morgan fingerprint density at radius 2 is 2.05 bits per heavy atom. The van der Waals surface area contributed by atoms with Gasteiger partial charge in [-0.15, -0.1) is 0 Å². The number of benzene rings is 1. The molecule has 0 spiro atoms. The number of rotatable bonds is 3. The second-order valence-electron chi connectivity index (χ2n) is 4.30.